The first-order valence-corrected chi connectivity index (χ1v) is 12.4. The van der Waals surface area contributed by atoms with E-state index in [1.54, 1.807) is 30.8 Å². The van der Waals surface area contributed by atoms with E-state index in [1.165, 1.54) is 18.5 Å². The molecule has 0 aliphatic carbocycles. The molecule has 0 spiro atoms. The van der Waals surface area contributed by atoms with Gasteiger partial charge in [0.25, 0.3) is 0 Å². The number of halogens is 2. The number of amides is 1. The molecule has 0 saturated carbocycles. The maximum absolute atomic E-state index is 14.1. The van der Waals surface area contributed by atoms with E-state index in [1.807, 2.05) is 17.0 Å². The number of hydrogen-bond donors (Lipinski definition) is 2. The highest BCUT2D eigenvalue weighted by Gasteiger charge is 2.24. The summed E-state index contributed by atoms with van der Waals surface area (Å²) >= 11 is 6.40. The van der Waals surface area contributed by atoms with Crippen LogP contribution >= 0.6 is 11.6 Å². The molecule has 1 aliphatic rings. The summed E-state index contributed by atoms with van der Waals surface area (Å²) in [6.07, 6.45) is 6.53. The summed E-state index contributed by atoms with van der Waals surface area (Å²) < 4.78 is 21.4. The van der Waals surface area contributed by atoms with E-state index in [2.05, 4.69) is 31.7 Å². The molecule has 0 unspecified atom stereocenters. The number of piperidine rings is 1. The number of hydrogen-bond acceptors (Lipinski definition) is 7. The number of aromatic nitrogens is 4. The second-order valence-electron chi connectivity index (χ2n) is 8.85. The Morgan fingerprint density at radius 1 is 1.22 bits per heavy atom. The first-order chi connectivity index (χ1) is 18.0. The number of nitrogens with zero attached hydrogens (tertiary/aromatic N) is 5. The second-order valence-corrected chi connectivity index (χ2v) is 9.26. The van der Waals surface area contributed by atoms with E-state index in [0.717, 1.165) is 31.5 Å². The first kappa shape index (κ1) is 24.9. The number of benzene rings is 1. The van der Waals surface area contributed by atoms with E-state index in [0.29, 0.717) is 46.3 Å². The normalized spacial score (nSPS) is 14.2. The van der Waals surface area contributed by atoms with Gasteiger partial charge in [-0.25, -0.2) is 19.3 Å². The van der Waals surface area contributed by atoms with Gasteiger partial charge >= 0.3 is 0 Å². The average Bonchev–Trinajstić information content (AvgIpc) is 3.35. The third-order valence-corrected chi connectivity index (χ3v) is 6.87. The summed E-state index contributed by atoms with van der Waals surface area (Å²) in [5.41, 5.74) is 3.02. The summed E-state index contributed by atoms with van der Waals surface area (Å²) in [4.78, 5) is 27.1. The number of methoxy groups -OCH3 is 1. The lowest BCUT2D eigenvalue weighted by atomic mass is 9.89. The van der Waals surface area contributed by atoms with Gasteiger partial charge in [0.1, 0.15) is 11.4 Å². The summed E-state index contributed by atoms with van der Waals surface area (Å²) in [7, 11) is 3.40. The highest BCUT2D eigenvalue weighted by atomic mass is 35.5. The van der Waals surface area contributed by atoms with Crippen molar-refractivity contribution in [2.45, 2.75) is 18.8 Å². The van der Waals surface area contributed by atoms with Crippen LogP contribution in [0.25, 0.3) is 17.0 Å². The van der Waals surface area contributed by atoms with Crippen LogP contribution in [0.15, 0.2) is 48.9 Å². The number of likely N-dealkylation sites (tertiary alicyclic amines) is 1. The molecule has 1 aliphatic heterocycles. The predicted octanol–water partition coefficient (Wildman–Crippen LogP) is 4.26. The highest BCUT2D eigenvalue weighted by Crippen LogP contribution is 2.35. The van der Waals surface area contributed by atoms with Crippen molar-refractivity contribution in [3.8, 4) is 17.1 Å². The fourth-order valence-corrected chi connectivity index (χ4v) is 4.86. The number of anilines is 2. The molecule has 1 saturated heterocycles. The zero-order chi connectivity index (χ0) is 25.9. The van der Waals surface area contributed by atoms with Crippen LogP contribution in [0.3, 0.4) is 0 Å². The average molecular weight is 524 g/mol. The number of imidazole rings is 1. The monoisotopic (exact) mass is 523 g/mol. The molecule has 192 valence electrons. The zero-order valence-electron chi connectivity index (χ0n) is 20.5. The number of carbonyl (C=O) groups excluding carboxylic acids is 1. The van der Waals surface area contributed by atoms with Crippen molar-refractivity contribution >= 4 is 34.8 Å². The Labute approximate surface area is 218 Å². The van der Waals surface area contributed by atoms with Crippen LogP contribution in [-0.2, 0) is 4.79 Å². The molecule has 0 bridgehead atoms. The quantitative estimate of drug-likeness (QED) is 0.373. The van der Waals surface area contributed by atoms with Crippen molar-refractivity contribution in [3.05, 3.63) is 65.3 Å². The lowest BCUT2D eigenvalue weighted by molar-refractivity contribution is -0.131. The molecule has 3 aromatic heterocycles. The maximum Gasteiger partial charge on any atom is 0.236 e. The summed E-state index contributed by atoms with van der Waals surface area (Å²) in [6.45, 7) is 1.84. The smallest absolute Gasteiger partial charge is 0.236 e. The van der Waals surface area contributed by atoms with Gasteiger partial charge in [-0.2, -0.15) is 0 Å². The molecule has 4 aromatic rings. The van der Waals surface area contributed by atoms with E-state index in [9.17, 15) is 9.18 Å². The second kappa shape index (κ2) is 10.7. The predicted molar refractivity (Wildman–Crippen MR) is 140 cm³/mol. The number of pyridine rings is 1. The molecule has 1 aromatic carbocycles. The zero-order valence-corrected chi connectivity index (χ0v) is 21.3. The number of ether oxygens (including phenoxy) is 1. The van der Waals surface area contributed by atoms with Gasteiger partial charge in [-0.1, -0.05) is 17.7 Å². The molecule has 4 heterocycles. The molecule has 37 heavy (non-hydrogen) atoms. The third kappa shape index (κ3) is 5.07. The number of carbonyl (C=O) groups is 1. The van der Waals surface area contributed by atoms with Gasteiger partial charge in [0, 0.05) is 19.3 Å². The standard InChI is InChI=1S/C26H27ClFN7O2/c1-29-15-23(36)34-10-7-16(8-11-34)17-5-6-20(22(12-17)37-2)32-26-31-13-18(27)24(33-26)21-14-30-25-19(28)4-3-9-35(21)25/h3-6,9,12-14,16,29H,7-8,10-11,15H2,1-2H3,(H,31,32,33). The molecule has 5 rings (SSSR count). The molecule has 0 radical (unpaired) electrons. The SMILES string of the molecule is CNCC(=O)N1CCC(c2ccc(Nc3ncc(Cl)c(-c4cnc5c(F)cccn45)n3)c(OC)c2)CC1. The van der Waals surface area contributed by atoms with Crippen LogP contribution in [0.1, 0.15) is 24.3 Å². The molecule has 9 nitrogen and oxygen atoms in total. The number of likely N-dealkylation sites (N-methyl/N-ethyl adjacent to an activating group) is 1. The van der Waals surface area contributed by atoms with Gasteiger partial charge in [-0.05, 0) is 55.6 Å². The van der Waals surface area contributed by atoms with Crippen LogP contribution in [0.4, 0.5) is 16.0 Å². The van der Waals surface area contributed by atoms with Gasteiger partial charge < -0.3 is 20.3 Å². The molecular formula is C26H27ClFN7O2. The Morgan fingerprint density at radius 3 is 2.78 bits per heavy atom. The number of fused-ring (bicyclic) bond motifs is 1. The Morgan fingerprint density at radius 2 is 2.03 bits per heavy atom. The van der Waals surface area contributed by atoms with E-state index < -0.39 is 5.82 Å². The topological polar surface area (TPSA) is 96.7 Å². The van der Waals surface area contributed by atoms with Crippen molar-refractivity contribution in [3.63, 3.8) is 0 Å². The van der Waals surface area contributed by atoms with E-state index >= 15 is 0 Å². The van der Waals surface area contributed by atoms with Gasteiger partial charge in [0.15, 0.2) is 11.5 Å². The lowest BCUT2D eigenvalue weighted by Gasteiger charge is -2.32. The molecule has 0 atom stereocenters. The Bertz CT molecular complexity index is 1440. The molecule has 1 amide bonds. The van der Waals surface area contributed by atoms with Crippen molar-refractivity contribution in [1.82, 2.24) is 29.6 Å². The number of rotatable bonds is 7. The van der Waals surface area contributed by atoms with E-state index in [-0.39, 0.29) is 11.6 Å². The minimum Gasteiger partial charge on any atom is -0.495 e. The summed E-state index contributed by atoms with van der Waals surface area (Å²) in [6, 6.07) is 8.96. The Balaban J connectivity index is 1.36. The summed E-state index contributed by atoms with van der Waals surface area (Å²) in [5, 5.41) is 6.45. The van der Waals surface area contributed by atoms with Crippen LogP contribution < -0.4 is 15.4 Å². The summed E-state index contributed by atoms with van der Waals surface area (Å²) in [5.74, 6) is 1.01. The van der Waals surface area contributed by atoms with Crippen molar-refractivity contribution in [2.75, 3.05) is 39.1 Å². The minimum absolute atomic E-state index is 0.134. The van der Waals surface area contributed by atoms with Gasteiger partial charge in [0.05, 0.1) is 42.5 Å². The van der Waals surface area contributed by atoms with Crippen molar-refractivity contribution < 1.29 is 13.9 Å². The number of nitrogens with one attached hydrogen (secondary N) is 2. The van der Waals surface area contributed by atoms with Crippen LogP contribution in [0.2, 0.25) is 5.02 Å². The van der Waals surface area contributed by atoms with Crippen LogP contribution in [-0.4, -0.2) is 64.0 Å². The van der Waals surface area contributed by atoms with Crippen molar-refractivity contribution in [1.29, 1.82) is 0 Å². The van der Waals surface area contributed by atoms with Crippen LogP contribution in [0, 0.1) is 5.82 Å². The van der Waals surface area contributed by atoms with Crippen LogP contribution in [0.5, 0.6) is 5.75 Å². The largest absolute Gasteiger partial charge is 0.495 e. The van der Waals surface area contributed by atoms with Gasteiger partial charge in [-0.15, -0.1) is 0 Å². The highest BCUT2D eigenvalue weighted by molar-refractivity contribution is 6.32. The minimum atomic E-state index is -0.433. The molecule has 1 fully saturated rings. The fraction of sp³-hybridized carbons (Fsp3) is 0.308. The first-order valence-electron chi connectivity index (χ1n) is 12.0. The van der Waals surface area contributed by atoms with Crippen molar-refractivity contribution in [2.24, 2.45) is 0 Å². The third-order valence-electron chi connectivity index (χ3n) is 6.59. The van der Waals surface area contributed by atoms with E-state index in [4.69, 9.17) is 16.3 Å². The molecule has 11 heteroatoms. The molecule has 2 N–H and O–H groups in total. The Kier molecular flexibility index (Phi) is 7.20. The fourth-order valence-electron chi connectivity index (χ4n) is 4.67. The Hall–Kier alpha value is -3.76. The maximum atomic E-state index is 14.1. The molecular weight excluding hydrogens is 497 g/mol. The van der Waals surface area contributed by atoms with Gasteiger partial charge in [0.2, 0.25) is 11.9 Å². The lowest BCUT2D eigenvalue weighted by Crippen LogP contribution is -2.41. The van der Waals surface area contributed by atoms with Gasteiger partial charge in [-0.3, -0.25) is 9.20 Å².